The molecule has 2 heterocycles. The van der Waals surface area contributed by atoms with Gasteiger partial charge in [-0.05, 0) is 19.9 Å². The maximum absolute atomic E-state index is 9.32. The van der Waals surface area contributed by atoms with E-state index >= 15 is 0 Å². The number of nitrogens with zero attached hydrogens (tertiary/aromatic N) is 4. The van der Waals surface area contributed by atoms with E-state index in [1.807, 2.05) is 19.9 Å². The minimum Gasteiger partial charge on any atom is -0.372 e. The molecule has 1 aromatic heterocycles. The zero-order valence-corrected chi connectivity index (χ0v) is 12.6. The van der Waals surface area contributed by atoms with E-state index in [0.29, 0.717) is 5.56 Å². The fraction of sp³-hybridized carbons (Fsp3) is 0.600. The fourth-order valence-corrected chi connectivity index (χ4v) is 2.59. The number of likely N-dealkylation sites (N-methyl/N-ethyl adjacent to an activating group) is 1. The van der Waals surface area contributed by atoms with Gasteiger partial charge in [0.2, 0.25) is 0 Å². The average molecular weight is 273 g/mol. The van der Waals surface area contributed by atoms with Gasteiger partial charge >= 0.3 is 0 Å². The van der Waals surface area contributed by atoms with Crippen LogP contribution in [0.5, 0.6) is 0 Å². The molecule has 1 aliphatic heterocycles. The molecule has 0 atom stereocenters. The number of hydrogen-bond acceptors (Lipinski definition) is 5. The van der Waals surface area contributed by atoms with E-state index in [1.165, 1.54) is 0 Å². The zero-order chi connectivity index (χ0) is 14.5. The molecule has 5 nitrogen and oxygen atoms in total. The van der Waals surface area contributed by atoms with Crippen molar-refractivity contribution < 1.29 is 0 Å². The number of aryl methyl sites for hydroxylation is 2. The lowest BCUT2D eigenvalue weighted by molar-refractivity contribution is 0.246. The number of pyridine rings is 1. The maximum Gasteiger partial charge on any atom is 0.103 e. The molecule has 0 saturated carbocycles. The molecule has 0 spiro atoms. The number of nitriles is 1. The molecule has 0 unspecified atom stereocenters. The van der Waals surface area contributed by atoms with E-state index in [9.17, 15) is 5.26 Å². The van der Waals surface area contributed by atoms with E-state index in [1.54, 1.807) is 0 Å². The highest BCUT2D eigenvalue weighted by molar-refractivity contribution is 5.61. The number of rotatable bonds is 4. The van der Waals surface area contributed by atoms with Gasteiger partial charge < -0.3 is 10.2 Å². The molecule has 0 aliphatic carbocycles. The summed E-state index contributed by atoms with van der Waals surface area (Å²) in [6, 6.07) is 4.29. The molecule has 0 radical (unpaired) electrons. The van der Waals surface area contributed by atoms with E-state index < -0.39 is 0 Å². The number of piperazine rings is 1. The van der Waals surface area contributed by atoms with Crippen LogP contribution in [0, 0.1) is 25.2 Å². The highest BCUT2D eigenvalue weighted by Crippen LogP contribution is 2.22. The first-order valence-electron chi connectivity index (χ1n) is 7.14. The van der Waals surface area contributed by atoms with Gasteiger partial charge in [0.15, 0.2) is 0 Å². The van der Waals surface area contributed by atoms with E-state index in [2.05, 4.69) is 33.2 Å². The minimum absolute atomic E-state index is 0.693. The van der Waals surface area contributed by atoms with Gasteiger partial charge in [0, 0.05) is 52.0 Å². The van der Waals surface area contributed by atoms with Crippen molar-refractivity contribution in [2.75, 3.05) is 51.2 Å². The first kappa shape index (κ1) is 14.8. The second-order valence-electron chi connectivity index (χ2n) is 5.37. The van der Waals surface area contributed by atoms with Gasteiger partial charge in [-0.3, -0.25) is 9.88 Å². The Labute approximate surface area is 121 Å². The average Bonchev–Trinajstić information content (AvgIpc) is 2.45. The Morgan fingerprint density at radius 2 is 2.10 bits per heavy atom. The van der Waals surface area contributed by atoms with Gasteiger partial charge in [0.05, 0.1) is 16.9 Å². The summed E-state index contributed by atoms with van der Waals surface area (Å²) in [7, 11) is 2.05. The minimum atomic E-state index is 0.693. The molecule has 1 aromatic rings. The number of hydrogen-bond donors (Lipinski definition) is 1. The Morgan fingerprint density at radius 1 is 1.40 bits per heavy atom. The van der Waals surface area contributed by atoms with Crippen molar-refractivity contribution in [3.8, 4) is 6.07 Å². The summed E-state index contributed by atoms with van der Waals surface area (Å²) < 4.78 is 0. The van der Waals surface area contributed by atoms with Crippen LogP contribution < -0.4 is 10.2 Å². The Morgan fingerprint density at radius 3 is 2.75 bits per heavy atom. The third-order valence-corrected chi connectivity index (χ3v) is 3.79. The van der Waals surface area contributed by atoms with Crippen molar-refractivity contribution in [1.29, 1.82) is 5.26 Å². The van der Waals surface area contributed by atoms with Crippen LogP contribution in [0.1, 0.15) is 17.0 Å². The van der Waals surface area contributed by atoms with Crippen molar-refractivity contribution >= 4 is 5.69 Å². The quantitative estimate of drug-likeness (QED) is 0.884. The van der Waals surface area contributed by atoms with Crippen molar-refractivity contribution in [3.63, 3.8) is 0 Å². The monoisotopic (exact) mass is 273 g/mol. The third kappa shape index (κ3) is 3.47. The number of aromatic nitrogens is 1. The summed E-state index contributed by atoms with van der Waals surface area (Å²) in [5, 5.41) is 12.7. The molecule has 0 amide bonds. The molecule has 108 valence electrons. The van der Waals surface area contributed by atoms with Crippen molar-refractivity contribution in [3.05, 3.63) is 23.0 Å². The van der Waals surface area contributed by atoms with Crippen molar-refractivity contribution in [1.82, 2.24) is 15.2 Å². The second-order valence-corrected chi connectivity index (χ2v) is 5.37. The van der Waals surface area contributed by atoms with Crippen molar-refractivity contribution in [2.45, 2.75) is 13.8 Å². The summed E-state index contributed by atoms with van der Waals surface area (Å²) in [5.41, 5.74) is 3.47. The van der Waals surface area contributed by atoms with Crippen LogP contribution >= 0.6 is 0 Å². The summed E-state index contributed by atoms with van der Waals surface area (Å²) in [4.78, 5) is 9.00. The largest absolute Gasteiger partial charge is 0.372 e. The highest BCUT2D eigenvalue weighted by atomic mass is 15.2. The highest BCUT2D eigenvalue weighted by Gasteiger charge is 2.14. The van der Waals surface area contributed by atoms with Crippen molar-refractivity contribution in [2.24, 2.45) is 0 Å². The molecule has 1 saturated heterocycles. The number of nitrogens with one attached hydrogen (secondary N) is 1. The van der Waals surface area contributed by atoms with E-state index in [4.69, 9.17) is 0 Å². The van der Waals surface area contributed by atoms with E-state index in [0.717, 1.165) is 56.3 Å². The Hall–Kier alpha value is -1.64. The lowest BCUT2D eigenvalue weighted by Gasteiger charge is -2.30. The van der Waals surface area contributed by atoms with Crippen LogP contribution in [0.15, 0.2) is 6.07 Å². The normalized spacial score (nSPS) is 15.9. The molecule has 0 bridgehead atoms. The van der Waals surface area contributed by atoms with Crippen LogP contribution in [-0.4, -0.2) is 56.2 Å². The molecule has 20 heavy (non-hydrogen) atoms. The van der Waals surface area contributed by atoms with Gasteiger partial charge in [-0.1, -0.05) is 0 Å². The predicted octanol–water partition coefficient (Wildman–Crippen LogP) is 0.912. The summed E-state index contributed by atoms with van der Waals surface area (Å²) >= 11 is 0. The molecule has 1 aliphatic rings. The lowest BCUT2D eigenvalue weighted by atomic mass is 10.1. The summed E-state index contributed by atoms with van der Waals surface area (Å²) in [6.45, 7) is 10.2. The Balaban J connectivity index is 2.05. The standard InChI is InChI=1S/C15H23N5/c1-12-10-15(14(11-16)13(2)18-12)19(3)8-9-20-6-4-17-5-7-20/h10,17H,4-9H2,1-3H3. The Kier molecular flexibility index (Phi) is 4.94. The second kappa shape index (κ2) is 6.69. The van der Waals surface area contributed by atoms with Gasteiger partial charge in [-0.2, -0.15) is 5.26 Å². The molecular formula is C15H23N5. The first-order valence-corrected chi connectivity index (χ1v) is 7.14. The Bertz CT molecular complexity index is 500. The summed E-state index contributed by atoms with van der Waals surface area (Å²) in [5.74, 6) is 0. The van der Waals surface area contributed by atoms with Crippen LogP contribution in [0.25, 0.3) is 0 Å². The molecular weight excluding hydrogens is 250 g/mol. The topological polar surface area (TPSA) is 55.2 Å². The molecule has 0 aromatic carbocycles. The fourth-order valence-electron chi connectivity index (χ4n) is 2.59. The molecule has 2 rings (SSSR count). The zero-order valence-electron chi connectivity index (χ0n) is 12.6. The van der Waals surface area contributed by atoms with E-state index in [-0.39, 0.29) is 0 Å². The molecule has 1 N–H and O–H groups in total. The van der Waals surface area contributed by atoms with Crippen LogP contribution in [0.2, 0.25) is 0 Å². The third-order valence-electron chi connectivity index (χ3n) is 3.79. The SMILES string of the molecule is Cc1cc(N(C)CCN2CCNCC2)c(C#N)c(C)n1. The van der Waals surface area contributed by atoms with Gasteiger partial charge in [-0.15, -0.1) is 0 Å². The lowest BCUT2D eigenvalue weighted by Crippen LogP contribution is -2.46. The van der Waals surface area contributed by atoms with Gasteiger partial charge in [-0.25, -0.2) is 0 Å². The smallest absolute Gasteiger partial charge is 0.103 e. The van der Waals surface area contributed by atoms with Crippen LogP contribution in [-0.2, 0) is 0 Å². The summed E-state index contributed by atoms with van der Waals surface area (Å²) in [6.07, 6.45) is 0. The maximum atomic E-state index is 9.32. The van der Waals surface area contributed by atoms with Crippen LogP contribution in [0.4, 0.5) is 5.69 Å². The van der Waals surface area contributed by atoms with Gasteiger partial charge in [0.1, 0.15) is 6.07 Å². The predicted molar refractivity (Wildman–Crippen MR) is 81.0 cm³/mol. The molecule has 5 heteroatoms. The van der Waals surface area contributed by atoms with Gasteiger partial charge in [0.25, 0.3) is 0 Å². The molecule has 1 fully saturated rings. The van der Waals surface area contributed by atoms with Crippen LogP contribution in [0.3, 0.4) is 0 Å². The first-order chi connectivity index (χ1) is 9.61. The number of anilines is 1.